The molecule has 0 bridgehead atoms. The van der Waals surface area contributed by atoms with Crippen LogP contribution in [0.4, 0.5) is 0 Å². The van der Waals surface area contributed by atoms with Crippen molar-refractivity contribution in [1.82, 2.24) is 9.78 Å². The molecule has 1 N–H and O–H groups in total. The SMILES string of the molecule is CCn1[nH]cc(C(=O)c2cc(C)c3c(c2C)C(COC)CCS3(=O)=O)c1=O. The second kappa shape index (κ2) is 7.09. The Kier molecular flexibility index (Phi) is 5.14. The summed E-state index contributed by atoms with van der Waals surface area (Å²) in [6, 6.07) is 1.59. The number of aryl methyl sites for hydroxylation is 2. The van der Waals surface area contributed by atoms with E-state index >= 15 is 0 Å². The Hall–Kier alpha value is -2.19. The van der Waals surface area contributed by atoms with E-state index in [1.807, 2.05) is 0 Å². The summed E-state index contributed by atoms with van der Waals surface area (Å²) >= 11 is 0. The summed E-state index contributed by atoms with van der Waals surface area (Å²) in [4.78, 5) is 25.7. The van der Waals surface area contributed by atoms with Gasteiger partial charge in [-0.2, -0.15) is 0 Å². The van der Waals surface area contributed by atoms with Crippen LogP contribution in [0.25, 0.3) is 0 Å². The highest BCUT2D eigenvalue weighted by Gasteiger charge is 2.35. The molecule has 0 saturated heterocycles. The van der Waals surface area contributed by atoms with E-state index in [-0.39, 0.29) is 22.8 Å². The number of sulfone groups is 1. The zero-order chi connectivity index (χ0) is 19.9. The van der Waals surface area contributed by atoms with Gasteiger partial charge in [-0.3, -0.25) is 14.3 Å². The second-order valence-corrected chi connectivity index (χ2v) is 8.98. The minimum Gasteiger partial charge on any atom is -0.384 e. The fraction of sp³-hybridized carbons (Fsp3) is 0.474. The van der Waals surface area contributed by atoms with Crippen molar-refractivity contribution in [2.45, 2.75) is 44.6 Å². The zero-order valence-corrected chi connectivity index (χ0v) is 16.8. The molecule has 1 aromatic heterocycles. The fourth-order valence-electron chi connectivity index (χ4n) is 3.92. The maximum atomic E-state index is 13.1. The fourth-order valence-corrected chi connectivity index (χ4v) is 5.92. The summed E-state index contributed by atoms with van der Waals surface area (Å²) in [5.41, 5.74) is 1.84. The van der Waals surface area contributed by atoms with E-state index in [9.17, 15) is 18.0 Å². The summed E-state index contributed by atoms with van der Waals surface area (Å²) < 4.78 is 32.0. The molecule has 1 aliphatic rings. The molecule has 3 rings (SSSR count). The van der Waals surface area contributed by atoms with Gasteiger partial charge in [-0.1, -0.05) is 0 Å². The zero-order valence-electron chi connectivity index (χ0n) is 16.0. The molecule has 1 aliphatic heterocycles. The number of hydrogen-bond acceptors (Lipinski definition) is 5. The summed E-state index contributed by atoms with van der Waals surface area (Å²) in [7, 11) is -1.82. The molecule has 146 valence electrons. The number of fused-ring (bicyclic) bond motifs is 1. The lowest BCUT2D eigenvalue weighted by Gasteiger charge is -2.29. The monoisotopic (exact) mass is 392 g/mol. The predicted octanol–water partition coefficient (Wildman–Crippen LogP) is 1.95. The number of nitrogens with zero attached hydrogens (tertiary/aromatic N) is 1. The first-order chi connectivity index (χ1) is 12.7. The van der Waals surface area contributed by atoms with Crippen molar-refractivity contribution < 1.29 is 17.9 Å². The molecular weight excluding hydrogens is 368 g/mol. The number of carbonyl (C=O) groups excluding carboxylic acids is 1. The average molecular weight is 392 g/mol. The topological polar surface area (TPSA) is 98.2 Å². The van der Waals surface area contributed by atoms with Crippen molar-refractivity contribution in [2.24, 2.45) is 0 Å². The van der Waals surface area contributed by atoms with Gasteiger partial charge < -0.3 is 9.84 Å². The van der Waals surface area contributed by atoms with Crippen LogP contribution in [0.2, 0.25) is 0 Å². The number of carbonyl (C=O) groups is 1. The Morgan fingerprint density at radius 1 is 1.33 bits per heavy atom. The Balaban J connectivity index is 2.23. The van der Waals surface area contributed by atoms with Crippen molar-refractivity contribution in [3.63, 3.8) is 0 Å². The molecule has 0 saturated carbocycles. The van der Waals surface area contributed by atoms with Gasteiger partial charge in [-0.05, 0) is 49.9 Å². The second-order valence-electron chi connectivity index (χ2n) is 6.93. The van der Waals surface area contributed by atoms with Gasteiger partial charge in [0.2, 0.25) is 0 Å². The number of ketones is 1. The molecule has 27 heavy (non-hydrogen) atoms. The summed E-state index contributed by atoms with van der Waals surface area (Å²) in [5, 5.41) is 2.78. The number of aromatic amines is 1. The lowest BCUT2D eigenvalue weighted by molar-refractivity contribution is 0.103. The number of aromatic nitrogens is 2. The van der Waals surface area contributed by atoms with E-state index in [2.05, 4.69) is 5.10 Å². The van der Waals surface area contributed by atoms with Crippen LogP contribution in [0, 0.1) is 13.8 Å². The van der Waals surface area contributed by atoms with E-state index in [4.69, 9.17) is 4.74 Å². The van der Waals surface area contributed by atoms with Crippen LogP contribution in [0.3, 0.4) is 0 Å². The first-order valence-electron chi connectivity index (χ1n) is 8.91. The van der Waals surface area contributed by atoms with Crippen molar-refractivity contribution in [1.29, 1.82) is 0 Å². The standard InChI is InChI=1S/C19H24N2O5S/c1-5-21-19(23)15(9-20-21)17(22)14-8-11(2)18-16(12(14)3)13(10-26-4)6-7-27(18,24)25/h8-9,13,20H,5-7,10H2,1-4H3. The van der Waals surface area contributed by atoms with Crippen molar-refractivity contribution in [3.8, 4) is 0 Å². The normalized spacial score (nSPS) is 18.3. The third-order valence-electron chi connectivity index (χ3n) is 5.24. The van der Waals surface area contributed by atoms with Gasteiger partial charge in [0.05, 0.1) is 17.3 Å². The third kappa shape index (κ3) is 3.17. The molecular formula is C19H24N2O5S. The van der Waals surface area contributed by atoms with Crippen LogP contribution in [0.1, 0.15) is 51.9 Å². The molecule has 1 unspecified atom stereocenters. The van der Waals surface area contributed by atoms with E-state index in [0.717, 1.165) is 0 Å². The van der Waals surface area contributed by atoms with Crippen molar-refractivity contribution in [2.75, 3.05) is 19.5 Å². The van der Waals surface area contributed by atoms with Gasteiger partial charge in [0, 0.05) is 31.3 Å². The molecule has 0 spiro atoms. The minimum atomic E-state index is -3.40. The Labute approximate surface area is 158 Å². The molecule has 8 heteroatoms. The molecule has 0 aliphatic carbocycles. The number of benzene rings is 1. The van der Waals surface area contributed by atoms with E-state index in [1.165, 1.54) is 10.9 Å². The first kappa shape index (κ1) is 19.6. The van der Waals surface area contributed by atoms with Gasteiger partial charge in [0.15, 0.2) is 15.6 Å². The Bertz CT molecular complexity index is 1060. The van der Waals surface area contributed by atoms with Crippen molar-refractivity contribution >= 4 is 15.6 Å². The molecule has 0 radical (unpaired) electrons. The minimum absolute atomic E-state index is 0.0567. The number of ether oxygens (including phenoxy) is 1. The lowest BCUT2D eigenvalue weighted by Crippen LogP contribution is -2.27. The Morgan fingerprint density at radius 3 is 2.63 bits per heavy atom. The van der Waals surface area contributed by atoms with Crippen LogP contribution >= 0.6 is 0 Å². The maximum Gasteiger partial charge on any atom is 0.277 e. The highest BCUT2D eigenvalue weighted by Crippen LogP contribution is 2.39. The molecule has 0 fully saturated rings. The number of methoxy groups -OCH3 is 1. The van der Waals surface area contributed by atoms with Crippen LogP contribution in [-0.2, 0) is 21.1 Å². The van der Waals surface area contributed by atoms with Crippen LogP contribution < -0.4 is 5.56 Å². The quantitative estimate of drug-likeness (QED) is 0.784. The number of hydrogen-bond donors (Lipinski definition) is 1. The first-order valence-corrected chi connectivity index (χ1v) is 10.6. The third-order valence-corrected chi connectivity index (χ3v) is 7.18. The molecule has 2 aromatic rings. The van der Waals surface area contributed by atoms with Gasteiger partial charge in [-0.25, -0.2) is 8.42 Å². The van der Waals surface area contributed by atoms with Crippen LogP contribution in [0.5, 0.6) is 0 Å². The van der Waals surface area contributed by atoms with Gasteiger partial charge in [-0.15, -0.1) is 0 Å². The molecule has 1 aromatic carbocycles. The summed E-state index contributed by atoms with van der Waals surface area (Å²) in [6.07, 6.45) is 1.86. The van der Waals surface area contributed by atoms with E-state index in [1.54, 1.807) is 33.9 Å². The summed E-state index contributed by atoms with van der Waals surface area (Å²) in [5.74, 6) is -0.426. The molecule has 2 heterocycles. The van der Waals surface area contributed by atoms with Crippen LogP contribution in [0.15, 0.2) is 22.0 Å². The van der Waals surface area contributed by atoms with E-state index < -0.39 is 15.6 Å². The van der Waals surface area contributed by atoms with Gasteiger partial charge in [0.25, 0.3) is 5.56 Å². The Morgan fingerprint density at radius 2 is 2.04 bits per heavy atom. The van der Waals surface area contributed by atoms with Crippen molar-refractivity contribution in [3.05, 3.63) is 50.4 Å². The largest absolute Gasteiger partial charge is 0.384 e. The maximum absolute atomic E-state index is 13.1. The smallest absolute Gasteiger partial charge is 0.277 e. The highest BCUT2D eigenvalue weighted by atomic mass is 32.2. The van der Waals surface area contributed by atoms with E-state index in [0.29, 0.717) is 46.7 Å². The lowest BCUT2D eigenvalue weighted by atomic mass is 9.86. The molecule has 7 nitrogen and oxygen atoms in total. The van der Waals surface area contributed by atoms with Gasteiger partial charge in [0.1, 0.15) is 5.56 Å². The molecule has 1 atom stereocenters. The predicted molar refractivity (Wildman–Crippen MR) is 101 cm³/mol. The summed E-state index contributed by atoms with van der Waals surface area (Å²) in [6.45, 7) is 6.07. The number of H-pyrrole nitrogens is 1. The highest BCUT2D eigenvalue weighted by molar-refractivity contribution is 7.91. The number of nitrogens with one attached hydrogen (secondary N) is 1. The average Bonchev–Trinajstić information content (AvgIpc) is 2.99. The van der Waals surface area contributed by atoms with Gasteiger partial charge >= 0.3 is 0 Å². The molecule has 0 amide bonds. The number of rotatable bonds is 5. The van der Waals surface area contributed by atoms with Crippen LogP contribution in [-0.4, -0.2) is 43.5 Å².